The van der Waals surface area contributed by atoms with Gasteiger partial charge < -0.3 is 25.0 Å². The zero-order valence-corrected chi connectivity index (χ0v) is 15.0. The van der Waals surface area contributed by atoms with Crippen LogP contribution in [-0.2, 0) is 6.54 Å². The monoisotopic (exact) mass is 334 g/mol. The number of hydrogen-bond acceptors (Lipinski definition) is 4. The van der Waals surface area contributed by atoms with Crippen molar-refractivity contribution in [2.75, 3.05) is 46.9 Å². The van der Waals surface area contributed by atoms with Gasteiger partial charge >= 0.3 is 0 Å². The molecule has 0 bridgehead atoms. The number of rotatable bonds is 7. The second kappa shape index (κ2) is 9.49. The third kappa shape index (κ3) is 6.02. The van der Waals surface area contributed by atoms with E-state index in [0.717, 1.165) is 43.3 Å². The van der Waals surface area contributed by atoms with Crippen molar-refractivity contribution in [3.63, 3.8) is 0 Å². The lowest BCUT2D eigenvalue weighted by atomic mass is 10.2. The average Bonchev–Trinajstić information content (AvgIpc) is 2.98. The number of benzene rings is 1. The first kappa shape index (κ1) is 18.5. The van der Waals surface area contributed by atoms with Gasteiger partial charge in [-0.2, -0.15) is 0 Å². The first-order chi connectivity index (χ1) is 11.6. The molecule has 0 unspecified atom stereocenters. The maximum absolute atomic E-state index is 9.72. The van der Waals surface area contributed by atoms with Crippen molar-refractivity contribution < 1.29 is 9.84 Å². The summed E-state index contributed by atoms with van der Waals surface area (Å²) >= 11 is 0. The predicted molar refractivity (Wildman–Crippen MR) is 97.5 cm³/mol. The molecule has 1 fully saturated rings. The Bertz CT molecular complexity index is 534. The van der Waals surface area contributed by atoms with Crippen LogP contribution in [0.15, 0.2) is 29.3 Å². The fraction of sp³-hybridized carbons (Fsp3) is 0.611. The van der Waals surface area contributed by atoms with E-state index in [1.54, 1.807) is 0 Å². The summed E-state index contributed by atoms with van der Waals surface area (Å²) < 4.78 is 5.78. The lowest BCUT2D eigenvalue weighted by Crippen LogP contribution is -2.40. The van der Waals surface area contributed by atoms with Crippen molar-refractivity contribution in [2.45, 2.75) is 26.0 Å². The molecule has 1 aliphatic heterocycles. The van der Waals surface area contributed by atoms with Crippen molar-refractivity contribution in [3.8, 4) is 5.75 Å². The Morgan fingerprint density at radius 1 is 1.46 bits per heavy atom. The number of nitrogens with one attached hydrogen (secondary N) is 1. The van der Waals surface area contributed by atoms with Crippen LogP contribution in [0, 0.1) is 0 Å². The van der Waals surface area contributed by atoms with E-state index in [1.165, 1.54) is 0 Å². The number of ether oxygens (including phenoxy) is 1. The predicted octanol–water partition coefficient (Wildman–Crippen LogP) is 1.16. The van der Waals surface area contributed by atoms with Crippen molar-refractivity contribution in [1.82, 2.24) is 15.1 Å². The van der Waals surface area contributed by atoms with E-state index in [2.05, 4.69) is 28.1 Å². The van der Waals surface area contributed by atoms with E-state index in [4.69, 9.17) is 9.73 Å². The molecule has 2 rings (SSSR count). The normalized spacial score (nSPS) is 18.3. The van der Waals surface area contributed by atoms with E-state index >= 15 is 0 Å². The fourth-order valence-electron chi connectivity index (χ4n) is 2.61. The largest absolute Gasteiger partial charge is 0.492 e. The summed E-state index contributed by atoms with van der Waals surface area (Å²) in [7, 11) is 4.07. The molecule has 6 nitrogen and oxygen atoms in total. The van der Waals surface area contributed by atoms with Crippen LogP contribution in [-0.4, -0.2) is 73.9 Å². The molecule has 0 amide bonds. The minimum absolute atomic E-state index is 0.248. The number of aliphatic imine (C=N–C) groups is 1. The molecule has 0 saturated carbocycles. The van der Waals surface area contributed by atoms with E-state index in [0.29, 0.717) is 19.7 Å². The molecule has 0 aliphatic carbocycles. The summed E-state index contributed by atoms with van der Waals surface area (Å²) in [4.78, 5) is 8.92. The highest BCUT2D eigenvalue weighted by atomic mass is 16.5. The van der Waals surface area contributed by atoms with E-state index in [9.17, 15) is 5.11 Å². The van der Waals surface area contributed by atoms with Gasteiger partial charge in [0.1, 0.15) is 12.4 Å². The molecule has 1 heterocycles. The number of likely N-dealkylation sites (N-methyl/N-ethyl adjacent to an activating group) is 1. The highest BCUT2D eigenvalue weighted by Gasteiger charge is 2.22. The Morgan fingerprint density at radius 2 is 2.29 bits per heavy atom. The van der Waals surface area contributed by atoms with Crippen molar-refractivity contribution >= 4 is 5.96 Å². The van der Waals surface area contributed by atoms with E-state index < -0.39 is 0 Å². The number of guanidine groups is 1. The van der Waals surface area contributed by atoms with Crippen LogP contribution in [0.25, 0.3) is 0 Å². The van der Waals surface area contributed by atoms with Crippen LogP contribution in [0.4, 0.5) is 0 Å². The second-order valence-corrected chi connectivity index (χ2v) is 6.36. The van der Waals surface area contributed by atoms with Gasteiger partial charge in [-0.25, -0.2) is 4.99 Å². The number of nitrogens with zero attached hydrogens (tertiary/aromatic N) is 3. The number of aliphatic hydroxyl groups excluding tert-OH is 1. The Balaban J connectivity index is 1.95. The number of β-amino-alcohol motifs (C(OH)–C–C–N with tert-alkyl or cyclic N) is 1. The number of aliphatic hydroxyl groups is 1. The average molecular weight is 334 g/mol. The van der Waals surface area contributed by atoms with Crippen LogP contribution >= 0.6 is 0 Å². The highest BCUT2D eigenvalue weighted by Crippen LogP contribution is 2.15. The summed E-state index contributed by atoms with van der Waals surface area (Å²) in [5.74, 6) is 1.75. The highest BCUT2D eigenvalue weighted by molar-refractivity contribution is 5.80. The van der Waals surface area contributed by atoms with Gasteiger partial charge in [0.2, 0.25) is 0 Å². The van der Waals surface area contributed by atoms with E-state index in [-0.39, 0.29) is 6.10 Å². The van der Waals surface area contributed by atoms with Crippen LogP contribution in [0.1, 0.15) is 18.9 Å². The molecule has 0 aromatic heterocycles. The third-order valence-corrected chi connectivity index (χ3v) is 3.91. The van der Waals surface area contributed by atoms with Crippen molar-refractivity contribution in [1.29, 1.82) is 0 Å². The van der Waals surface area contributed by atoms with Gasteiger partial charge in [0.15, 0.2) is 5.96 Å². The third-order valence-electron chi connectivity index (χ3n) is 3.91. The molecule has 0 radical (unpaired) electrons. The summed E-state index contributed by atoms with van der Waals surface area (Å²) in [5, 5.41) is 13.0. The lowest BCUT2D eigenvalue weighted by Gasteiger charge is -2.21. The van der Waals surface area contributed by atoms with Crippen molar-refractivity contribution in [2.24, 2.45) is 4.99 Å². The van der Waals surface area contributed by atoms with Crippen LogP contribution in [0.2, 0.25) is 0 Å². The summed E-state index contributed by atoms with van der Waals surface area (Å²) in [6.45, 7) is 6.54. The molecule has 1 aromatic rings. The molecule has 134 valence electrons. The Labute approximate surface area is 145 Å². The molecular weight excluding hydrogens is 304 g/mol. The summed E-state index contributed by atoms with van der Waals surface area (Å²) in [5.41, 5.74) is 1.12. The Morgan fingerprint density at radius 3 is 2.96 bits per heavy atom. The van der Waals surface area contributed by atoms with Gasteiger partial charge in [-0.1, -0.05) is 12.1 Å². The van der Waals surface area contributed by atoms with Crippen molar-refractivity contribution in [3.05, 3.63) is 29.8 Å². The topological polar surface area (TPSA) is 60.3 Å². The Kier molecular flexibility index (Phi) is 7.34. The molecule has 6 heteroatoms. The molecule has 24 heavy (non-hydrogen) atoms. The molecular formula is C18H30N4O2. The van der Waals surface area contributed by atoms with Gasteiger partial charge in [-0.05, 0) is 45.1 Å². The zero-order chi connectivity index (χ0) is 17.4. The number of hydrogen-bond donors (Lipinski definition) is 2. The minimum Gasteiger partial charge on any atom is -0.492 e. The standard InChI is InChI=1S/C18H30N4O2/c1-4-19-18(22-9-8-16(23)14-22)20-13-15-6-5-7-17(12-15)24-11-10-21(2)3/h5-7,12,16,23H,4,8-11,13-14H2,1-3H3,(H,19,20)/t16-/m1/s1. The van der Waals surface area contributed by atoms with Gasteiger partial charge in [0.25, 0.3) is 0 Å². The van der Waals surface area contributed by atoms with Gasteiger partial charge in [0, 0.05) is 26.2 Å². The second-order valence-electron chi connectivity index (χ2n) is 6.36. The molecule has 1 atom stereocenters. The van der Waals surface area contributed by atoms with Gasteiger partial charge in [-0.15, -0.1) is 0 Å². The molecule has 1 aliphatic rings. The summed E-state index contributed by atoms with van der Waals surface area (Å²) in [6.07, 6.45) is 0.557. The first-order valence-electron chi connectivity index (χ1n) is 8.66. The molecule has 2 N–H and O–H groups in total. The van der Waals surface area contributed by atoms with E-state index in [1.807, 2.05) is 32.3 Å². The first-order valence-corrected chi connectivity index (χ1v) is 8.66. The maximum atomic E-state index is 9.72. The SMILES string of the molecule is CCNC(=NCc1cccc(OCCN(C)C)c1)N1CC[C@@H](O)C1. The smallest absolute Gasteiger partial charge is 0.194 e. The van der Waals surface area contributed by atoms with Crippen LogP contribution < -0.4 is 10.1 Å². The van der Waals surface area contributed by atoms with Gasteiger partial charge in [-0.3, -0.25) is 0 Å². The zero-order valence-electron chi connectivity index (χ0n) is 15.0. The summed E-state index contributed by atoms with van der Waals surface area (Å²) in [6, 6.07) is 8.08. The van der Waals surface area contributed by atoms with Gasteiger partial charge in [0.05, 0.1) is 12.6 Å². The Hall–Kier alpha value is -1.79. The number of likely N-dealkylation sites (tertiary alicyclic amines) is 1. The fourth-order valence-corrected chi connectivity index (χ4v) is 2.61. The molecule has 1 saturated heterocycles. The maximum Gasteiger partial charge on any atom is 0.194 e. The van der Waals surface area contributed by atoms with Crippen LogP contribution in [0.3, 0.4) is 0 Å². The van der Waals surface area contributed by atoms with Crippen LogP contribution in [0.5, 0.6) is 5.75 Å². The molecule has 0 spiro atoms. The minimum atomic E-state index is -0.248. The quantitative estimate of drug-likeness (QED) is 0.579. The lowest BCUT2D eigenvalue weighted by molar-refractivity contribution is 0.188. The molecule has 1 aromatic carbocycles.